The first-order chi connectivity index (χ1) is 11.6. The van der Waals surface area contributed by atoms with Gasteiger partial charge in [0, 0.05) is 11.6 Å². The van der Waals surface area contributed by atoms with Gasteiger partial charge in [0.15, 0.2) is 5.69 Å². The molecule has 0 saturated heterocycles. The fourth-order valence-corrected chi connectivity index (χ4v) is 3.82. The molecule has 0 spiro atoms. The van der Waals surface area contributed by atoms with E-state index in [0.29, 0.717) is 23.2 Å². The number of carbonyl (C=O) groups excluding carboxylic acids is 1. The Morgan fingerprint density at radius 1 is 1.21 bits per heavy atom. The van der Waals surface area contributed by atoms with Crippen LogP contribution >= 0.6 is 0 Å². The highest BCUT2D eigenvalue weighted by Crippen LogP contribution is 2.55. The van der Waals surface area contributed by atoms with Crippen LogP contribution in [0, 0.1) is 17.8 Å². The van der Waals surface area contributed by atoms with E-state index in [2.05, 4.69) is 15.6 Å². The van der Waals surface area contributed by atoms with Crippen LogP contribution in [0.5, 0.6) is 0 Å². The van der Waals surface area contributed by atoms with E-state index in [4.69, 9.17) is 5.11 Å². The number of rotatable bonds is 4. The topological polar surface area (TPSA) is 97.1 Å². The number of aromatic nitrogens is 3. The second-order valence-electron chi connectivity index (χ2n) is 6.53. The van der Waals surface area contributed by atoms with Crippen molar-refractivity contribution in [1.82, 2.24) is 15.0 Å². The number of aromatic carboxylic acids is 1. The maximum atomic E-state index is 12.5. The number of hydrogen-bond donors (Lipinski definition) is 2. The van der Waals surface area contributed by atoms with Gasteiger partial charge in [-0.3, -0.25) is 4.79 Å². The first-order valence-electron chi connectivity index (χ1n) is 8.20. The summed E-state index contributed by atoms with van der Waals surface area (Å²) >= 11 is 0. The van der Waals surface area contributed by atoms with E-state index in [-0.39, 0.29) is 17.5 Å². The smallest absolute Gasteiger partial charge is 0.358 e. The van der Waals surface area contributed by atoms with Gasteiger partial charge in [-0.2, -0.15) is 0 Å². The maximum absolute atomic E-state index is 12.5. The number of nitrogens with zero attached hydrogens (tertiary/aromatic N) is 3. The number of amides is 1. The molecule has 2 fully saturated rings. The quantitative estimate of drug-likeness (QED) is 0.899. The van der Waals surface area contributed by atoms with Crippen LogP contribution in [0.2, 0.25) is 0 Å². The van der Waals surface area contributed by atoms with Crippen molar-refractivity contribution < 1.29 is 14.7 Å². The van der Waals surface area contributed by atoms with Gasteiger partial charge >= 0.3 is 5.97 Å². The molecule has 2 unspecified atom stereocenters. The zero-order chi connectivity index (χ0) is 16.7. The maximum Gasteiger partial charge on any atom is 0.358 e. The minimum absolute atomic E-state index is 0.0915. The highest BCUT2D eigenvalue weighted by molar-refractivity contribution is 5.95. The molecule has 1 heterocycles. The average Bonchev–Trinajstić information content (AvgIpc) is 3.09. The Kier molecular flexibility index (Phi) is 3.55. The standard InChI is InChI=1S/C17H18N4O3/c22-16(15-12-6-1-2-7-13(12)15)18-10-4-3-5-11(8-10)21-9-14(17(23)24)19-20-21/h3-5,8-9,12-13,15H,1-2,6-7H2,(H,18,22)(H,23,24). The van der Waals surface area contributed by atoms with Crippen LogP contribution in [-0.4, -0.2) is 32.0 Å². The predicted octanol–water partition coefficient (Wildman–Crippen LogP) is 2.34. The summed E-state index contributed by atoms with van der Waals surface area (Å²) in [5.41, 5.74) is 1.22. The second-order valence-corrected chi connectivity index (χ2v) is 6.53. The lowest BCUT2D eigenvalue weighted by Crippen LogP contribution is -2.15. The molecule has 2 saturated carbocycles. The monoisotopic (exact) mass is 326 g/mol. The predicted molar refractivity (Wildman–Crippen MR) is 85.9 cm³/mol. The summed E-state index contributed by atoms with van der Waals surface area (Å²) in [5, 5.41) is 19.3. The van der Waals surface area contributed by atoms with Gasteiger partial charge in [-0.1, -0.05) is 24.1 Å². The number of benzene rings is 1. The molecular formula is C17H18N4O3. The Bertz CT molecular complexity index is 789. The lowest BCUT2D eigenvalue weighted by atomic mass is 10.0. The first kappa shape index (κ1) is 14.9. The highest BCUT2D eigenvalue weighted by Gasteiger charge is 2.54. The van der Waals surface area contributed by atoms with Crippen LogP contribution in [0.1, 0.15) is 36.2 Å². The lowest BCUT2D eigenvalue weighted by molar-refractivity contribution is -0.117. The van der Waals surface area contributed by atoms with E-state index < -0.39 is 5.97 Å². The molecule has 2 N–H and O–H groups in total. The normalized spacial score (nSPS) is 24.9. The molecule has 1 aromatic heterocycles. The Morgan fingerprint density at radius 2 is 1.96 bits per heavy atom. The van der Waals surface area contributed by atoms with Crippen molar-refractivity contribution in [2.75, 3.05) is 5.32 Å². The van der Waals surface area contributed by atoms with Gasteiger partial charge in [0.25, 0.3) is 0 Å². The van der Waals surface area contributed by atoms with Crippen LogP contribution in [-0.2, 0) is 4.79 Å². The minimum atomic E-state index is -1.12. The highest BCUT2D eigenvalue weighted by atomic mass is 16.4. The summed E-state index contributed by atoms with van der Waals surface area (Å²) in [5.74, 6) is 0.253. The van der Waals surface area contributed by atoms with E-state index >= 15 is 0 Å². The van der Waals surface area contributed by atoms with Crippen molar-refractivity contribution in [2.45, 2.75) is 25.7 Å². The van der Waals surface area contributed by atoms with Crippen LogP contribution in [0.3, 0.4) is 0 Å². The van der Waals surface area contributed by atoms with Crippen molar-refractivity contribution in [2.24, 2.45) is 17.8 Å². The molecule has 0 radical (unpaired) electrons. The Labute approximate surface area is 138 Å². The number of fused-ring (bicyclic) bond motifs is 1. The van der Waals surface area contributed by atoms with E-state index in [9.17, 15) is 9.59 Å². The van der Waals surface area contributed by atoms with E-state index in [1.54, 1.807) is 18.2 Å². The van der Waals surface area contributed by atoms with Crippen molar-refractivity contribution in [3.05, 3.63) is 36.2 Å². The molecule has 2 aliphatic rings. The number of carboxylic acid groups (broad SMARTS) is 1. The molecule has 0 bridgehead atoms. The zero-order valence-corrected chi connectivity index (χ0v) is 13.1. The van der Waals surface area contributed by atoms with E-state index in [1.807, 2.05) is 6.07 Å². The summed E-state index contributed by atoms with van der Waals surface area (Å²) in [6, 6.07) is 7.17. The second kappa shape index (κ2) is 5.74. The van der Waals surface area contributed by atoms with Crippen LogP contribution < -0.4 is 5.32 Å². The number of hydrogen-bond acceptors (Lipinski definition) is 4. The SMILES string of the molecule is O=C(O)c1cn(-c2cccc(NC(=O)C3C4CCCCC43)c2)nn1. The molecule has 2 atom stereocenters. The molecule has 124 valence electrons. The van der Waals surface area contributed by atoms with Gasteiger partial charge in [-0.05, 0) is 42.9 Å². The van der Waals surface area contributed by atoms with Crippen LogP contribution in [0.25, 0.3) is 5.69 Å². The fourth-order valence-electron chi connectivity index (χ4n) is 3.82. The lowest BCUT2D eigenvalue weighted by Gasteiger charge is -2.07. The first-order valence-corrected chi connectivity index (χ1v) is 8.20. The molecule has 2 aromatic rings. The van der Waals surface area contributed by atoms with Gasteiger partial charge < -0.3 is 10.4 Å². The van der Waals surface area contributed by atoms with Crippen LogP contribution in [0.15, 0.2) is 30.5 Å². The molecule has 4 rings (SSSR count). The molecule has 1 aromatic carbocycles. The summed E-state index contributed by atoms with van der Waals surface area (Å²) in [7, 11) is 0. The fraction of sp³-hybridized carbons (Fsp3) is 0.412. The van der Waals surface area contributed by atoms with Crippen molar-refractivity contribution in [3.63, 3.8) is 0 Å². The largest absolute Gasteiger partial charge is 0.476 e. The van der Waals surface area contributed by atoms with Crippen LogP contribution in [0.4, 0.5) is 5.69 Å². The number of anilines is 1. The average molecular weight is 326 g/mol. The Morgan fingerprint density at radius 3 is 2.62 bits per heavy atom. The van der Waals surface area contributed by atoms with Gasteiger partial charge in [0.05, 0.1) is 11.9 Å². The molecule has 7 heteroatoms. The molecule has 24 heavy (non-hydrogen) atoms. The third-order valence-electron chi connectivity index (χ3n) is 5.05. The van der Waals surface area contributed by atoms with Gasteiger partial charge in [0.2, 0.25) is 5.91 Å². The third kappa shape index (κ3) is 2.66. The summed E-state index contributed by atoms with van der Waals surface area (Å²) in [4.78, 5) is 23.3. The van der Waals surface area contributed by atoms with Crippen molar-refractivity contribution >= 4 is 17.6 Å². The Balaban J connectivity index is 1.48. The summed E-state index contributed by atoms with van der Waals surface area (Å²) < 4.78 is 1.38. The zero-order valence-electron chi connectivity index (χ0n) is 13.1. The van der Waals surface area contributed by atoms with Crippen molar-refractivity contribution in [3.8, 4) is 5.69 Å². The van der Waals surface area contributed by atoms with Gasteiger partial charge in [0.1, 0.15) is 0 Å². The molecule has 7 nitrogen and oxygen atoms in total. The third-order valence-corrected chi connectivity index (χ3v) is 5.05. The Hall–Kier alpha value is -2.70. The molecule has 0 aliphatic heterocycles. The summed E-state index contributed by atoms with van der Waals surface area (Å²) in [6.45, 7) is 0. The number of nitrogens with one attached hydrogen (secondary N) is 1. The van der Waals surface area contributed by atoms with E-state index in [0.717, 1.165) is 0 Å². The van der Waals surface area contributed by atoms with E-state index in [1.165, 1.54) is 36.6 Å². The molecular weight excluding hydrogens is 308 g/mol. The summed E-state index contributed by atoms with van der Waals surface area (Å²) in [6.07, 6.45) is 6.15. The molecule has 2 aliphatic carbocycles. The molecule has 1 amide bonds. The number of carbonyl (C=O) groups is 2. The van der Waals surface area contributed by atoms with Gasteiger partial charge in [-0.15, -0.1) is 5.10 Å². The van der Waals surface area contributed by atoms with Gasteiger partial charge in [-0.25, -0.2) is 9.48 Å². The number of carboxylic acids is 1. The minimum Gasteiger partial charge on any atom is -0.476 e. The van der Waals surface area contributed by atoms with Crippen molar-refractivity contribution in [1.29, 1.82) is 0 Å².